The molecule has 0 unspecified atom stereocenters. The van der Waals surface area contributed by atoms with E-state index in [-0.39, 0.29) is 0 Å². The number of hydrogen-bond donors (Lipinski definition) is 1. The normalized spacial score (nSPS) is 21.3. The summed E-state index contributed by atoms with van der Waals surface area (Å²) >= 11 is 0. The topological polar surface area (TPSA) is 33.1 Å². The molecule has 88 valence electrons. The van der Waals surface area contributed by atoms with Gasteiger partial charge in [-0.2, -0.15) is 5.10 Å². The maximum absolute atomic E-state index is 4.68. The lowest BCUT2D eigenvalue weighted by molar-refractivity contribution is 0.229. The van der Waals surface area contributed by atoms with Gasteiger partial charge >= 0.3 is 0 Å². The quantitative estimate of drug-likeness (QED) is 0.779. The molecule has 1 aliphatic heterocycles. The highest BCUT2D eigenvalue weighted by Gasteiger charge is 2.22. The summed E-state index contributed by atoms with van der Waals surface area (Å²) < 4.78 is 2.10. The molecule has 0 saturated carbocycles. The first-order valence-electron chi connectivity index (χ1n) is 6.31. The minimum absolute atomic E-state index is 1.05. The summed E-state index contributed by atoms with van der Waals surface area (Å²) in [5.74, 6) is 0. The van der Waals surface area contributed by atoms with Crippen LogP contribution in [0, 0.1) is 0 Å². The third kappa shape index (κ3) is 1.76. The van der Waals surface area contributed by atoms with Crippen LogP contribution < -0.4 is 5.32 Å². The van der Waals surface area contributed by atoms with E-state index in [2.05, 4.69) is 27.0 Å². The summed E-state index contributed by atoms with van der Waals surface area (Å²) in [5, 5.41) is 8.07. The Kier molecular flexibility index (Phi) is 2.69. The molecule has 4 nitrogen and oxygen atoms in total. The van der Waals surface area contributed by atoms with Crippen LogP contribution in [0.1, 0.15) is 23.4 Å². The highest BCUT2D eigenvalue weighted by Crippen LogP contribution is 2.25. The fraction of sp³-hybridized carbons (Fsp3) is 0.750. The SMILES string of the molecule is Cn1nc(CN2CCNCC2)c2c1CCC2. The van der Waals surface area contributed by atoms with E-state index >= 15 is 0 Å². The molecule has 3 rings (SSSR count). The summed E-state index contributed by atoms with van der Waals surface area (Å²) in [4.78, 5) is 2.51. The molecule has 0 amide bonds. The van der Waals surface area contributed by atoms with Crippen LogP contribution in [0.4, 0.5) is 0 Å². The smallest absolute Gasteiger partial charge is 0.0799 e. The Morgan fingerprint density at radius 3 is 2.88 bits per heavy atom. The molecule has 16 heavy (non-hydrogen) atoms. The van der Waals surface area contributed by atoms with E-state index < -0.39 is 0 Å². The number of nitrogens with zero attached hydrogens (tertiary/aromatic N) is 3. The van der Waals surface area contributed by atoms with E-state index in [0.717, 1.165) is 32.7 Å². The third-order valence-electron chi connectivity index (χ3n) is 3.78. The van der Waals surface area contributed by atoms with Crippen molar-refractivity contribution < 1.29 is 0 Å². The first kappa shape index (κ1) is 10.3. The van der Waals surface area contributed by atoms with E-state index in [1.807, 2.05) is 0 Å². The summed E-state index contributed by atoms with van der Waals surface area (Å²) in [6.45, 7) is 5.60. The Labute approximate surface area is 96.6 Å². The number of aromatic nitrogens is 2. The monoisotopic (exact) mass is 220 g/mol. The van der Waals surface area contributed by atoms with Crippen molar-refractivity contribution in [3.63, 3.8) is 0 Å². The molecular formula is C12H20N4. The average molecular weight is 220 g/mol. The Morgan fingerprint density at radius 2 is 2.06 bits per heavy atom. The predicted octanol–water partition coefficient (Wildman–Crippen LogP) is 0.314. The van der Waals surface area contributed by atoms with Gasteiger partial charge in [-0.15, -0.1) is 0 Å². The average Bonchev–Trinajstić information content (AvgIpc) is 2.87. The van der Waals surface area contributed by atoms with Crippen molar-refractivity contribution in [2.45, 2.75) is 25.8 Å². The zero-order chi connectivity index (χ0) is 11.0. The van der Waals surface area contributed by atoms with Crippen LogP contribution in [-0.4, -0.2) is 40.9 Å². The van der Waals surface area contributed by atoms with Gasteiger partial charge in [-0.05, 0) is 24.8 Å². The molecule has 0 spiro atoms. The minimum Gasteiger partial charge on any atom is -0.314 e. The Bertz CT molecular complexity index is 377. The summed E-state index contributed by atoms with van der Waals surface area (Å²) in [7, 11) is 2.09. The Hall–Kier alpha value is -0.870. The molecule has 1 saturated heterocycles. The second-order valence-corrected chi connectivity index (χ2v) is 4.88. The number of nitrogens with one attached hydrogen (secondary N) is 1. The van der Waals surface area contributed by atoms with Crippen molar-refractivity contribution in [3.05, 3.63) is 17.0 Å². The fourth-order valence-electron chi connectivity index (χ4n) is 2.91. The lowest BCUT2D eigenvalue weighted by atomic mass is 10.2. The van der Waals surface area contributed by atoms with Gasteiger partial charge in [-0.25, -0.2) is 0 Å². The van der Waals surface area contributed by atoms with E-state index in [9.17, 15) is 0 Å². The molecule has 1 N–H and O–H groups in total. The van der Waals surface area contributed by atoms with Crippen LogP contribution in [-0.2, 0) is 26.4 Å². The molecule has 0 bridgehead atoms. The molecule has 4 heteroatoms. The van der Waals surface area contributed by atoms with Crippen LogP contribution in [0.25, 0.3) is 0 Å². The molecule has 2 aliphatic rings. The molecule has 0 aromatic carbocycles. The molecule has 1 aromatic rings. The molecule has 2 heterocycles. The van der Waals surface area contributed by atoms with Crippen molar-refractivity contribution >= 4 is 0 Å². The zero-order valence-electron chi connectivity index (χ0n) is 10.00. The highest BCUT2D eigenvalue weighted by atomic mass is 15.3. The minimum atomic E-state index is 1.05. The summed E-state index contributed by atoms with van der Waals surface area (Å²) in [5.41, 5.74) is 4.35. The van der Waals surface area contributed by atoms with E-state index in [4.69, 9.17) is 0 Å². The van der Waals surface area contributed by atoms with E-state index in [1.165, 1.54) is 30.7 Å². The van der Waals surface area contributed by atoms with Gasteiger partial charge < -0.3 is 5.32 Å². The summed E-state index contributed by atoms with van der Waals surface area (Å²) in [6.07, 6.45) is 3.78. The van der Waals surface area contributed by atoms with Gasteiger partial charge in [0.1, 0.15) is 0 Å². The highest BCUT2D eigenvalue weighted by molar-refractivity contribution is 5.30. The van der Waals surface area contributed by atoms with Crippen LogP contribution in [0.3, 0.4) is 0 Å². The number of hydrogen-bond acceptors (Lipinski definition) is 3. The molecule has 1 aliphatic carbocycles. The van der Waals surface area contributed by atoms with E-state index in [0.29, 0.717) is 0 Å². The molecule has 0 atom stereocenters. The van der Waals surface area contributed by atoms with Crippen LogP contribution in [0.5, 0.6) is 0 Å². The number of aryl methyl sites for hydroxylation is 1. The van der Waals surface area contributed by atoms with Crippen molar-refractivity contribution in [1.29, 1.82) is 0 Å². The summed E-state index contributed by atoms with van der Waals surface area (Å²) in [6, 6.07) is 0. The van der Waals surface area contributed by atoms with Crippen LogP contribution in [0.2, 0.25) is 0 Å². The van der Waals surface area contributed by atoms with Gasteiger partial charge in [0, 0.05) is 45.5 Å². The number of rotatable bonds is 2. The second kappa shape index (κ2) is 4.18. The number of piperazine rings is 1. The van der Waals surface area contributed by atoms with Gasteiger partial charge in [0.05, 0.1) is 5.69 Å². The predicted molar refractivity (Wildman–Crippen MR) is 63.4 cm³/mol. The van der Waals surface area contributed by atoms with Gasteiger partial charge in [-0.1, -0.05) is 0 Å². The lowest BCUT2D eigenvalue weighted by Crippen LogP contribution is -2.43. The lowest BCUT2D eigenvalue weighted by Gasteiger charge is -2.26. The van der Waals surface area contributed by atoms with Gasteiger partial charge in [-0.3, -0.25) is 9.58 Å². The number of fused-ring (bicyclic) bond motifs is 1. The molecule has 1 aromatic heterocycles. The maximum Gasteiger partial charge on any atom is 0.0799 e. The van der Waals surface area contributed by atoms with Gasteiger partial charge in [0.15, 0.2) is 0 Å². The first-order chi connectivity index (χ1) is 7.84. The zero-order valence-corrected chi connectivity index (χ0v) is 10.00. The Morgan fingerprint density at radius 1 is 1.25 bits per heavy atom. The van der Waals surface area contributed by atoms with Crippen molar-refractivity contribution in [2.24, 2.45) is 7.05 Å². The molecule has 0 radical (unpaired) electrons. The van der Waals surface area contributed by atoms with Crippen LogP contribution in [0.15, 0.2) is 0 Å². The molecular weight excluding hydrogens is 200 g/mol. The second-order valence-electron chi connectivity index (χ2n) is 4.88. The molecule has 1 fully saturated rings. The first-order valence-corrected chi connectivity index (χ1v) is 6.31. The largest absolute Gasteiger partial charge is 0.314 e. The van der Waals surface area contributed by atoms with Gasteiger partial charge in [0.2, 0.25) is 0 Å². The van der Waals surface area contributed by atoms with Crippen molar-refractivity contribution in [3.8, 4) is 0 Å². The Balaban J connectivity index is 1.76. The standard InChI is InChI=1S/C12H20N4/c1-15-12-4-2-3-10(12)11(14-15)9-16-7-5-13-6-8-16/h13H,2-9H2,1H3. The van der Waals surface area contributed by atoms with Crippen molar-refractivity contribution in [1.82, 2.24) is 20.0 Å². The fourth-order valence-corrected chi connectivity index (χ4v) is 2.91. The van der Waals surface area contributed by atoms with E-state index in [1.54, 1.807) is 5.56 Å². The third-order valence-corrected chi connectivity index (χ3v) is 3.78. The van der Waals surface area contributed by atoms with Crippen molar-refractivity contribution in [2.75, 3.05) is 26.2 Å². The van der Waals surface area contributed by atoms with Gasteiger partial charge in [0.25, 0.3) is 0 Å². The van der Waals surface area contributed by atoms with Crippen LogP contribution >= 0.6 is 0 Å². The maximum atomic E-state index is 4.68.